The maximum absolute atomic E-state index is 13.2. The van der Waals surface area contributed by atoms with E-state index < -0.39 is 46.5 Å². The first-order valence-corrected chi connectivity index (χ1v) is 9.82. The zero-order valence-electron chi connectivity index (χ0n) is 16.1. The number of ether oxygens (including phenoxy) is 1. The first kappa shape index (κ1) is 22.9. The summed E-state index contributed by atoms with van der Waals surface area (Å²) in [5.74, 6) is -1.81. The van der Waals surface area contributed by atoms with Gasteiger partial charge in [-0.25, -0.2) is 4.98 Å². The number of benzene rings is 2. The number of thiazole rings is 1. The van der Waals surface area contributed by atoms with Crippen molar-refractivity contribution in [3.63, 3.8) is 0 Å². The van der Waals surface area contributed by atoms with E-state index in [1.54, 1.807) is 5.38 Å². The summed E-state index contributed by atoms with van der Waals surface area (Å²) in [4.78, 5) is 38.0. The van der Waals surface area contributed by atoms with Gasteiger partial charge in [0.25, 0.3) is 11.6 Å². The van der Waals surface area contributed by atoms with Crippen molar-refractivity contribution in [2.45, 2.75) is 12.6 Å². The smallest absolute Gasteiger partial charge is 0.418 e. The van der Waals surface area contributed by atoms with Crippen LogP contribution < -0.4 is 5.32 Å². The molecule has 0 saturated heterocycles. The molecule has 0 atom stereocenters. The summed E-state index contributed by atoms with van der Waals surface area (Å²) >= 11 is 1.33. The fourth-order valence-corrected chi connectivity index (χ4v) is 3.45. The number of amides is 1. The predicted molar refractivity (Wildman–Crippen MR) is 109 cm³/mol. The molecule has 12 heteroatoms. The van der Waals surface area contributed by atoms with Gasteiger partial charge in [0.1, 0.15) is 5.01 Å². The van der Waals surface area contributed by atoms with E-state index in [1.807, 2.05) is 35.6 Å². The second kappa shape index (κ2) is 9.56. The molecule has 166 valence electrons. The average Bonchev–Trinajstić information content (AvgIpc) is 3.20. The van der Waals surface area contributed by atoms with E-state index in [9.17, 15) is 32.9 Å². The second-order valence-corrected chi connectivity index (χ2v) is 7.24. The zero-order valence-corrected chi connectivity index (χ0v) is 16.9. The number of non-ortho nitro benzene ring substituents is 1. The molecule has 0 aliphatic rings. The van der Waals surface area contributed by atoms with Crippen LogP contribution in [0.15, 0.2) is 53.9 Å². The molecule has 3 rings (SSSR count). The molecule has 0 aliphatic heterocycles. The van der Waals surface area contributed by atoms with Crippen LogP contribution in [0.4, 0.5) is 24.5 Å². The van der Waals surface area contributed by atoms with Crippen LogP contribution in [0.2, 0.25) is 0 Å². The van der Waals surface area contributed by atoms with E-state index in [0.717, 1.165) is 17.7 Å². The minimum atomic E-state index is -4.94. The first-order chi connectivity index (χ1) is 15.1. The van der Waals surface area contributed by atoms with E-state index >= 15 is 0 Å². The average molecular weight is 465 g/mol. The number of alkyl halides is 3. The van der Waals surface area contributed by atoms with E-state index in [0.29, 0.717) is 16.8 Å². The van der Waals surface area contributed by atoms with Crippen molar-refractivity contribution < 1.29 is 32.4 Å². The lowest BCUT2D eigenvalue weighted by molar-refractivity contribution is -0.385. The number of hydrogen-bond acceptors (Lipinski definition) is 7. The van der Waals surface area contributed by atoms with Gasteiger partial charge in [0.05, 0.1) is 28.3 Å². The Balaban J connectivity index is 1.58. The molecule has 2 aromatic carbocycles. The van der Waals surface area contributed by atoms with Crippen LogP contribution >= 0.6 is 11.3 Å². The monoisotopic (exact) mass is 465 g/mol. The van der Waals surface area contributed by atoms with Crippen LogP contribution in [-0.2, 0) is 26.9 Å². The van der Waals surface area contributed by atoms with Gasteiger partial charge in [-0.05, 0) is 6.07 Å². The van der Waals surface area contributed by atoms with E-state index in [-0.39, 0.29) is 6.42 Å². The van der Waals surface area contributed by atoms with Gasteiger partial charge in [-0.2, -0.15) is 13.2 Å². The topological polar surface area (TPSA) is 111 Å². The number of rotatable bonds is 7. The highest BCUT2D eigenvalue weighted by Gasteiger charge is 2.35. The number of hydrogen-bond donors (Lipinski definition) is 1. The van der Waals surface area contributed by atoms with Crippen molar-refractivity contribution in [3.8, 4) is 10.6 Å². The molecule has 0 spiro atoms. The van der Waals surface area contributed by atoms with Gasteiger partial charge in [0.15, 0.2) is 6.61 Å². The van der Waals surface area contributed by atoms with Gasteiger partial charge in [0, 0.05) is 23.1 Å². The largest absolute Gasteiger partial charge is 0.455 e. The predicted octanol–water partition coefficient (Wildman–Crippen LogP) is 4.46. The number of carbonyl (C=O) groups excluding carboxylic acids is 2. The normalized spacial score (nSPS) is 11.1. The Morgan fingerprint density at radius 2 is 1.88 bits per heavy atom. The van der Waals surface area contributed by atoms with Crippen molar-refractivity contribution >= 4 is 34.6 Å². The lowest BCUT2D eigenvalue weighted by atomic mass is 10.1. The Morgan fingerprint density at radius 1 is 1.16 bits per heavy atom. The summed E-state index contributed by atoms with van der Waals surface area (Å²) in [6.45, 7) is -0.831. The number of anilines is 1. The second-order valence-electron chi connectivity index (χ2n) is 6.38. The van der Waals surface area contributed by atoms with E-state index in [4.69, 9.17) is 4.74 Å². The third-order valence-corrected chi connectivity index (χ3v) is 5.00. The van der Waals surface area contributed by atoms with Crippen molar-refractivity contribution in [2.75, 3.05) is 11.9 Å². The van der Waals surface area contributed by atoms with Crippen molar-refractivity contribution in [2.24, 2.45) is 0 Å². The maximum Gasteiger partial charge on any atom is 0.418 e. The summed E-state index contributed by atoms with van der Waals surface area (Å²) in [6, 6.07) is 11.2. The molecule has 0 fully saturated rings. The lowest BCUT2D eigenvalue weighted by Gasteiger charge is -2.13. The van der Waals surface area contributed by atoms with Crippen LogP contribution in [0.25, 0.3) is 10.6 Å². The molecule has 1 heterocycles. The molecule has 0 radical (unpaired) electrons. The Hall–Kier alpha value is -3.80. The minimum absolute atomic E-state index is 0.220. The number of nitro benzene ring substituents is 1. The number of nitro groups is 1. The summed E-state index contributed by atoms with van der Waals surface area (Å²) < 4.78 is 44.3. The van der Waals surface area contributed by atoms with Crippen molar-refractivity contribution in [3.05, 3.63) is 75.3 Å². The van der Waals surface area contributed by atoms with Crippen LogP contribution in [0, 0.1) is 10.1 Å². The molecule has 1 aromatic heterocycles. The summed E-state index contributed by atoms with van der Waals surface area (Å²) in [5, 5.41) is 15.0. The maximum atomic E-state index is 13.2. The van der Waals surface area contributed by atoms with Crippen LogP contribution in [0.1, 0.15) is 11.3 Å². The van der Waals surface area contributed by atoms with Crippen molar-refractivity contribution in [1.82, 2.24) is 4.98 Å². The van der Waals surface area contributed by atoms with Gasteiger partial charge in [-0.1, -0.05) is 30.3 Å². The van der Waals surface area contributed by atoms with Crippen molar-refractivity contribution in [1.29, 1.82) is 0 Å². The number of nitrogens with zero attached hydrogens (tertiary/aromatic N) is 2. The van der Waals surface area contributed by atoms with E-state index in [2.05, 4.69) is 4.98 Å². The fraction of sp³-hybridized carbons (Fsp3) is 0.150. The molecule has 0 saturated carbocycles. The highest BCUT2D eigenvalue weighted by molar-refractivity contribution is 7.13. The molecule has 32 heavy (non-hydrogen) atoms. The Labute approximate surface area is 182 Å². The highest BCUT2D eigenvalue weighted by atomic mass is 32.1. The number of nitrogens with one attached hydrogen (secondary N) is 1. The summed E-state index contributed by atoms with van der Waals surface area (Å²) in [5.41, 5.74) is -1.55. The third-order valence-electron chi connectivity index (χ3n) is 4.06. The number of halogens is 3. The standard InChI is InChI=1S/C20H14F3N3O5S/c21-20(22,23)15-9-14(26(29)30)6-7-16(15)25-17(27)10-31-18(28)8-13-11-32-19(24-13)12-4-2-1-3-5-12/h1-7,9,11H,8,10H2,(H,25,27). The van der Waals surface area contributed by atoms with Gasteiger partial charge in [-0.3, -0.25) is 19.7 Å². The minimum Gasteiger partial charge on any atom is -0.455 e. The van der Waals surface area contributed by atoms with Gasteiger partial charge in [-0.15, -0.1) is 11.3 Å². The van der Waals surface area contributed by atoms with E-state index in [1.165, 1.54) is 11.3 Å². The quantitative estimate of drug-likeness (QED) is 0.313. The molecular weight excluding hydrogens is 451 g/mol. The molecule has 0 unspecified atom stereocenters. The van der Waals surface area contributed by atoms with Crippen LogP contribution in [0.3, 0.4) is 0 Å². The lowest BCUT2D eigenvalue weighted by Crippen LogP contribution is -2.23. The van der Waals surface area contributed by atoms with Crippen LogP contribution in [-0.4, -0.2) is 28.4 Å². The zero-order chi connectivity index (χ0) is 23.3. The molecule has 8 nitrogen and oxygen atoms in total. The van der Waals surface area contributed by atoms with Gasteiger partial charge in [0.2, 0.25) is 0 Å². The molecule has 0 bridgehead atoms. The highest BCUT2D eigenvalue weighted by Crippen LogP contribution is 2.37. The Morgan fingerprint density at radius 3 is 2.53 bits per heavy atom. The van der Waals surface area contributed by atoms with Crippen LogP contribution in [0.5, 0.6) is 0 Å². The fourth-order valence-electron chi connectivity index (χ4n) is 2.62. The van der Waals surface area contributed by atoms with Gasteiger partial charge >= 0.3 is 12.1 Å². The SMILES string of the molecule is O=C(COC(=O)Cc1csc(-c2ccccc2)n1)Nc1ccc([N+](=O)[O-])cc1C(F)(F)F. The molecule has 1 amide bonds. The Kier molecular flexibility index (Phi) is 6.83. The number of carbonyl (C=O) groups is 2. The third kappa shape index (κ3) is 5.88. The Bertz CT molecular complexity index is 1150. The molecule has 1 N–H and O–H groups in total. The first-order valence-electron chi connectivity index (χ1n) is 8.94. The molecular formula is C20H14F3N3O5S. The number of esters is 1. The molecule has 3 aromatic rings. The summed E-state index contributed by atoms with van der Waals surface area (Å²) in [7, 11) is 0. The van der Waals surface area contributed by atoms with Gasteiger partial charge < -0.3 is 10.1 Å². The molecule has 0 aliphatic carbocycles. The summed E-state index contributed by atoms with van der Waals surface area (Å²) in [6.07, 6.45) is -5.16. The number of aromatic nitrogens is 1.